The van der Waals surface area contributed by atoms with Crippen LogP contribution in [0, 0.1) is 0 Å². The van der Waals surface area contributed by atoms with Crippen molar-refractivity contribution in [2.24, 2.45) is 0 Å². The lowest BCUT2D eigenvalue weighted by molar-refractivity contribution is 0.300. The summed E-state index contributed by atoms with van der Waals surface area (Å²) in [4.78, 5) is 0. The summed E-state index contributed by atoms with van der Waals surface area (Å²) in [6.07, 6.45) is 7.64. The maximum Gasteiger partial charge on any atom is 0.145 e. The van der Waals surface area contributed by atoms with Crippen LogP contribution in [-0.4, -0.2) is 0 Å². The fourth-order valence-electron chi connectivity index (χ4n) is 4.73. The molecular weight excluding hydrogens is 438 g/mol. The van der Waals surface area contributed by atoms with Gasteiger partial charge in [-0.1, -0.05) is 30.3 Å². The van der Waals surface area contributed by atoms with Crippen molar-refractivity contribution in [3.63, 3.8) is 0 Å². The first-order valence-corrected chi connectivity index (χ1v) is 11.6. The van der Waals surface area contributed by atoms with Gasteiger partial charge in [0.1, 0.15) is 23.9 Å². The van der Waals surface area contributed by atoms with Crippen molar-refractivity contribution in [3.05, 3.63) is 80.8 Å². The highest BCUT2D eigenvalue weighted by atomic mass is 79.9. The van der Waals surface area contributed by atoms with Crippen LogP contribution in [0.25, 0.3) is 0 Å². The number of benzene rings is 3. The lowest BCUT2D eigenvalue weighted by Crippen LogP contribution is -2.09. The van der Waals surface area contributed by atoms with Crippen LogP contribution in [0.15, 0.2) is 53.0 Å². The zero-order chi connectivity index (χ0) is 20.5. The van der Waals surface area contributed by atoms with Gasteiger partial charge in [0.15, 0.2) is 0 Å². The van der Waals surface area contributed by atoms with E-state index in [1.165, 1.54) is 40.7 Å². The fourth-order valence-corrected chi connectivity index (χ4v) is 5.30. The van der Waals surface area contributed by atoms with Gasteiger partial charge in [-0.25, -0.2) is 0 Å². The second-order valence-corrected chi connectivity index (χ2v) is 9.04. The third-order valence-electron chi connectivity index (χ3n) is 6.24. The summed E-state index contributed by atoms with van der Waals surface area (Å²) in [5.74, 6) is 2.88. The van der Waals surface area contributed by atoms with Gasteiger partial charge in [-0.3, -0.25) is 0 Å². The molecule has 0 spiro atoms. The minimum atomic E-state index is 0.588. The van der Waals surface area contributed by atoms with Crippen LogP contribution < -0.4 is 15.2 Å². The predicted octanol–water partition coefficient (Wildman–Crippen LogP) is 6.77. The van der Waals surface area contributed by atoms with Crippen molar-refractivity contribution in [2.75, 3.05) is 5.73 Å². The molecule has 0 atom stereocenters. The van der Waals surface area contributed by atoms with E-state index in [1.807, 2.05) is 24.3 Å². The number of nitrogen functional groups attached to an aromatic ring is 1. The van der Waals surface area contributed by atoms with Crippen LogP contribution in [0.5, 0.6) is 17.2 Å². The fraction of sp³-hybridized carbons (Fsp3) is 0.308. The Morgan fingerprint density at radius 1 is 0.767 bits per heavy atom. The molecule has 0 aliphatic heterocycles. The minimum Gasteiger partial charge on any atom is -0.489 e. The van der Waals surface area contributed by atoms with Crippen molar-refractivity contribution in [1.82, 2.24) is 0 Å². The molecule has 0 bridgehead atoms. The molecule has 0 unspecified atom stereocenters. The first-order valence-electron chi connectivity index (χ1n) is 10.8. The second-order valence-electron chi connectivity index (χ2n) is 8.19. The van der Waals surface area contributed by atoms with Gasteiger partial charge in [-0.15, -0.1) is 0 Å². The Morgan fingerprint density at radius 2 is 1.43 bits per heavy atom. The summed E-state index contributed by atoms with van der Waals surface area (Å²) in [6, 6.07) is 16.5. The molecule has 0 heterocycles. The van der Waals surface area contributed by atoms with E-state index in [-0.39, 0.29) is 0 Å². The SMILES string of the molecule is Nc1cc(Br)c(Oc2ccc(OCc3ccccc3)c3c2CCCC3)c2c1CCC2. The highest BCUT2D eigenvalue weighted by molar-refractivity contribution is 9.10. The maximum absolute atomic E-state index is 6.57. The first-order chi connectivity index (χ1) is 14.7. The predicted molar refractivity (Wildman–Crippen MR) is 125 cm³/mol. The lowest BCUT2D eigenvalue weighted by atomic mass is 9.90. The molecule has 0 saturated heterocycles. The van der Waals surface area contributed by atoms with Crippen molar-refractivity contribution < 1.29 is 9.47 Å². The molecule has 4 heteroatoms. The van der Waals surface area contributed by atoms with Crippen LogP contribution >= 0.6 is 15.9 Å². The molecule has 0 aromatic heterocycles. The van der Waals surface area contributed by atoms with Crippen LogP contribution in [-0.2, 0) is 32.3 Å². The standard InChI is InChI=1S/C26H26BrNO2/c27-22-15-23(28)18-11-6-12-21(18)26(22)30-25-14-13-24(19-9-4-5-10-20(19)25)29-16-17-7-2-1-3-8-17/h1-3,7-8,13-15H,4-6,9-12,16,28H2. The summed E-state index contributed by atoms with van der Waals surface area (Å²) < 4.78 is 13.7. The van der Waals surface area contributed by atoms with Crippen molar-refractivity contribution >= 4 is 21.6 Å². The summed E-state index contributed by atoms with van der Waals surface area (Å²) >= 11 is 3.69. The molecule has 0 fully saturated rings. The Kier molecular flexibility index (Phi) is 5.43. The molecular formula is C26H26BrNO2. The lowest BCUT2D eigenvalue weighted by Gasteiger charge is -2.24. The van der Waals surface area contributed by atoms with E-state index < -0.39 is 0 Å². The highest BCUT2D eigenvalue weighted by Gasteiger charge is 2.24. The molecule has 154 valence electrons. The molecule has 3 aromatic carbocycles. The zero-order valence-electron chi connectivity index (χ0n) is 17.0. The number of nitrogens with two attached hydrogens (primary N) is 1. The minimum absolute atomic E-state index is 0.588. The number of hydrogen-bond acceptors (Lipinski definition) is 3. The van der Waals surface area contributed by atoms with E-state index in [2.05, 4.69) is 40.2 Å². The largest absolute Gasteiger partial charge is 0.489 e. The summed E-state index contributed by atoms with van der Waals surface area (Å²) in [6.45, 7) is 0.588. The van der Waals surface area contributed by atoms with Crippen molar-refractivity contribution in [1.29, 1.82) is 0 Å². The molecule has 0 radical (unpaired) electrons. The third kappa shape index (κ3) is 3.69. The molecule has 0 saturated carbocycles. The molecule has 0 amide bonds. The van der Waals surface area contributed by atoms with E-state index >= 15 is 0 Å². The van der Waals surface area contributed by atoms with E-state index in [1.54, 1.807) is 0 Å². The van der Waals surface area contributed by atoms with Gasteiger partial charge in [-0.2, -0.15) is 0 Å². The zero-order valence-corrected chi connectivity index (χ0v) is 18.6. The number of anilines is 1. The molecule has 5 rings (SSSR count). The first kappa shape index (κ1) is 19.5. The van der Waals surface area contributed by atoms with Gasteiger partial charge < -0.3 is 15.2 Å². The molecule has 3 aromatic rings. The Morgan fingerprint density at radius 3 is 2.23 bits per heavy atom. The smallest absolute Gasteiger partial charge is 0.145 e. The van der Waals surface area contributed by atoms with E-state index in [0.29, 0.717) is 6.61 Å². The third-order valence-corrected chi connectivity index (χ3v) is 6.83. The normalized spacial score (nSPS) is 14.8. The van der Waals surface area contributed by atoms with Gasteiger partial charge in [0, 0.05) is 22.4 Å². The molecule has 3 nitrogen and oxygen atoms in total. The van der Waals surface area contributed by atoms with E-state index in [4.69, 9.17) is 15.2 Å². The van der Waals surface area contributed by atoms with Crippen molar-refractivity contribution in [2.45, 2.75) is 51.6 Å². The maximum atomic E-state index is 6.57. The van der Waals surface area contributed by atoms with E-state index in [0.717, 1.165) is 59.5 Å². The molecule has 2 N–H and O–H groups in total. The van der Waals surface area contributed by atoms with Gasteiger partial charge in [0.2, 0.25) is 0 Å². The summed E-state index contributed by atoms with van der Waals surface area (Å²) in [5.41, 5.74) is 13.4. The monoisotopic (exact) mass is 463 g/mol. The van der Waals surface area contributed by atoms with Crippen molar-refractivity contribution in [3.8, 4) is 17.2 Å². The van der Waals surface area contributed by atoms with Gasteiger partial charge in [0.25, 0.3) is 0 Å². The average Bonchev–Trinajstić information content (AvgIpc) is 3.27. The quantitative estimate of drug-likeness (QED) is 0.424. The summed E-state index contributed by atoms with van der Waals surface area (Å²) in [5, 5.41) is 0. The van der Waals surface area contributed by atoms with Gasteiger partial charge in [0.05, 0.1) is 4.47 Å². The Hall–Kier alpha value is -2.46. The van der Waals surface area contributed by atoms with Gasteiger partial charge >= 0.3 is 0 Å². The number of ether oxygens (including phenoxy) is 2. The van der Waals surface area contributed by atoms with Crippen LogP contribution in [0.3, 0.4) is 0 Å². The Balaban J connectivity index is 1.47. The second kappa shape index (κ2) is 8.35. The highest BCUT2D eigenvalue weighted by Crippen LogP contribution is 2.45. The molecule has 2 aliphatic carbocycles. The Labute approximate surface area is 186 Å². The number of rotatable bonds is 5. The topological polar surface area (TPSA) is 44.5 Å². The Bertz CT molecular complexity index is 1080. The van der Waals surface area contributed by atoms with Crippen LogP contribution in [0.1, 0.15) is 47.1 Å². The summed E-state index contributed by atoms with van der Waals surface area (Å²) in [7, 11) is 0. The van der Waals surface area contributed by atoms with E-state index in [9.17, 15) is 0 Å². The number of fused-ring (bicyclic) bond motifs is 2. The number of halogens is 1. The van der Waals surface area contributed by atoms with Gasteiger partial charge in [-0.05, 0) is 90.2 Å². The average molecular weight is 464 g/mol. The van der Waals surface area contributed by atoms with Crippen LogP contribution in [0.2, 0.25) is 0 Å². The van der Waals surface area contributed by atoms with Crippen LogP contribution in [0.4, 0.5) is 5.69 Å². The number of hydrogen-bond donors (Lipinski definition) is 1. The molecule has 2 aliphatic rings. The molecule has 30 heavy (non-hydrogen) atoms.